The average molecular weight is 536 g/mol. The largest absolute Gasteiger partial charge is 0.460 e. The molecule has 4 aromatic carbocycles. The monoisotopic (exact) mass is 535 g/mol. The molecule has 0 unspecified atom stereocenters. The van der Waals surface area contributed by atoms with Crippen LogP contribution >= 0.6 is 0 Å². The predicted octanol–water partition coefficient (Wildman–Crippen LogP) is 7.00. The minimum atomic E-state index is -0.646. The van der Waals surface area contributed by atoms with E-state index in [1.807, 2.05) is 106 Å². The molecule has 0 amide bonds. The highest BCUT2D eigenvalue weighted by Gasteiger charge is 2.30. The maximum absolute atomic E-state index is 13.9. The van der Waals surface area contributed by atoms with Gasteiger partial charge in [-0.15, -0.1) is 0 Å². The van der Waals surface area contributed by atoms with Crippen molar-refractivity contribution in [1.29, 1.82) is 0 Å². The summed E-state index contributed by atoms with van der Waals surface area (Å²) in [7, 11) is 0. The van der Waals surface area contributed by atoms with Crippen molar-refractivity contribution in [2.24, 2.45) is 0 Å². The highest BCUT2D eigenvalue weighted by Crippen LogP contribution is 2.22. The molecule has 40 heavy (non-hydrogen) atoms. The summed E-state index contributed by atoms with van der Waals surface area (Å²) in [6, 6.07) is 36.5. The number of ether oxygens (including phenoxy) is 2. The Bertz CT molecular complexity index is 1320. The van der Waals surface area contributed by atoms with E-state index >= 15 is 0 Å². The molecule has 206 valence electrons. The summed E-state index contributed by atoms with van der Waals surface area (Å²) in [6.45, 7) is 6.79. The lowest BCUT2D eigenvalue weighted by Gasteiger charge is -2.31. The zero-order chi connectivity index (χ0) is 28.4. The summed E-state index contributed by atoms with van der Waals surface area (Å²) in [5, 5.41) is 0. The maximum Gasteiger partial charge on any atom is 0.338 e. The van der Waals surface area contributed by atoms with Crippen LogP contribution in [-0.2, 0) is 40.4 Å². The van der Waals surface area contributed by atoms with Crippen LogP contribution < -0.4 is 0 Å². The number of rotatable bonds is 11. The van der Waals surface area contributed by atoms with Gasteiger partial charge in [0.05, 0.1) is 5.56 Å². The Morgan fingerprint density at radius 1 is 0.675 bits per heavy atom. The van der Waals surface area contributed by atoms with E-state index in [1.54, 1.807) is 6.07 Å². The third kappa shape index (κ3) is 8.65. The molecule has 0 bridgehead atoms. The highest BCUT2D eigenvalue weighted by molar-refractivity contribution is 5.91. The highest BCUT2D eigenvalue weighted by atomic mass is 16.6. The first-order chi connectivity index (χ1) is 19.3. The van der Waals surface area contributed by atoms with E-state index in [-0.39, 0.29) is 12.6 Å². The van der Waals surface area contributed by atoms with Gasteiger partial charge in [0.2, 0.25) is 0 Å². The van der Waals surface area contributed by atoms with Crippen molar-refractivity contribution in [3.05, 3.63) is 143 Å². The molecule has 0 N–H and O–H groups in total. The molecule has 0 aliphatic heterocycles. The zero-order valence-corrected chi connectivity index (χ0v) is 23.5. The van der Waals surface area contributed by atoms with E-state index < -0.39 is 17.6 Å². The van der Waals surface area contributed by atoms with E-state index in [4.69, 9.17) is 9.47 Å². The standard InChI is InChI=1S/C35H37NO4/c1-35(2,3)40-33(37)31-22-14-13-21-30(31)23-32(34(38)39-26-29-19-11-6-12-20-29)36(24-27-15-7-4-8-16-27)25-28-17-9-5-10-18-28/h4-22,32H,23-26H2,1-3H3/t32-/m0/s1. The minimum absolute atomic E-state index is 0.175. The molecule has 0 saturated heterocycles. The van der Waals surface area contributed by atoms with E-state index in [9.17, 15) is 9.59 Å². The van der Waals surface area contributed by atoms with Crippen molar-refractivity contribution in [3.8, 4) is 0 Å². The van der Waals surface area contributed by atoms with Crippen LogP contribution in [0.5, 0.6) is 0 Å². The smallest absolute Gasteiger partial charge is 0.338 e. The van der Waals surface area contributed by atoms with Gasteiger partial charge < -0.3 is 9.47 Å². The third-order valence-corrected chi connectivity index (χ3v) is 6.44. The summed E-state index contributed by atoms with van der Waals surface area (Å²) in [6.07, 6.45) is 0.294. The fraction of sp³-hybridized carbons (Fsp3) is 0.257. The quantitative estimate of drug-likeness (QED) is 0.194. The summed E-state index contributed by atoms with van der Waals surface area (Å²) >= 11 is 0. The molecule has 0 radical (unpaired) electrons. The maximum atomic E-state index is 13.9. The first-order valence-electron chi connectivity index (χ1n) is 13.6. The topological polar surface area (TPSA) is 55.8 Å². The van der Waals surface area contributed by atoms with Crippen molar-refractivity contribution in [1.82, 2.24) is 4.90 Å². The van der Waals surface area contributed by atoms with Gasteiger partial charge in [-0.3, -0.25) is 9.69 Å². The molecular weight excluding hydrogens is 498 g/mol. The van der Waals surface area contributed by atoms with Gasteiger partial charge in [-0.1, -0.05) is 109 Å². The molecule has 0 spiro atoms. The number of hydrogen-bond acceptors (Lipinski definition) is 5. The fourth-order valence-corrected chi connectivity index (χ4v) is 4.54. The Balaban J connectivity index is 1.69. The summed E-state index contributed by atoms with van der Waals surface area (Å²) in [5.41, 5.74) is 3.65. The van der Waals surface area contributed by atoms with Gasteiger partial charge in [0, 0.05) is 13.1 Å². The van der Waals surface area contributed by atoms with Gasteiger partial charge in [0.1, 0.15) is 18.2 Å². The molecule has 0 saturated carbocycles. The van der Waals surface area contributed by atoms with Gasteiger partial charge in [0.25, 0.3) is 0 Å². The first-order valence-corrected chi connectivity index (χ1v) is 13.6. The Hall–Kier alpha value is -4.22. The van der Waals surface area contributed by atoms with Crippen LogP contribution in [0, 0.1) is 0 Å². The minimum Gasteiger partial charge on any atom is -0.460 e. The van der Waals surface area contributed by atoms with Crippen LogP contribution in [0.2, 0.25) is 0 Å². The van der Waals surface area contributed by atoms with Crippen molar-refractivity contribution in [3.63, 3.8) is 0 Å². The molecule has 0 aromatic heterocycles. The molecule has 1 atom stereocenters. The number of carbonyl (C=O) groups is 2. The van der Waals surface area contributed by atoms with Gasteiger partial charge in [0.15, 0.2) is 0 Å². The average Bonchev–Trinajstić information content (AvgIpc) is 2.95. The zero-order valence-electron chi connectivity index (χ0n) is 23.5. The fourth-order valence-electron chi connectivity index (χ4n) is 4.54. The Kier molecular flexibility index (Phi) is 9.87. The number of esters is 2. The van der Waals surface area contributed by atoms with E-state index in [0.29, 0.717) is 25.1 Å². The van der Waals surface area contributed by atoms with Crippen molar-refractivity contribution < 1.29 is 19.1 Å². The lowest BCUT2D eigenvalue weighted by atomic mass is 9.98. The number of nitrogens with zero attached hydrogens (tertiary/aromatic N) is 1. The van der Waals surface area contributed by atoms with Crippen LogP contribution in [0.1, 0.15) is 53.4 Å². The van der Waals surface area contributed by atoms with Crippen LogP contribution in [0.15, 0.2) is 115 Å². The van der Waals surface area contributed by atoms with Crippen LogP contribution in [0.25, 0.3) is 0 Å². The Morgan fingerprint density at radius 3 is 1.68 bits per heavy atom. The molecule has 4 rings (SSSR count). The molecule has 5 nitrogen and oxygen atoms in total. The second-order valence-electron chi connectivity index (χ2n) is 10.8. The van der Waals surface area contributed by atoms with Crippen LogP contribution in [0.3, 0.4) is 0 Å². The molecule has 0 fully saturated rings. The second kappa shape index (κ2) is 13.7. The molecule has 0 aliphatic rings. The lowest BCUT2D eigenvalue weighted by molar-refractivity contribution is -0.152. The SMILES string of the molecule is CC(C)(C)OC(=O)c1ccccc1C[C@@H](C(=O)OCc1ccccc1)N(Cc1ccccc1)Cc1ccccc1. The van der Waals surface area contributed by atoms with Gasteiger partial charge in [-0.25, -0.2) is 4.79 Å². The van der Waals surface area contributed by atoms with Crippen molar-refractivity contribution >= 4 is 11.9 Å². The first kappa shape index (κ1) is 28.8. The summed E-state index contributed by atoms with van der Waals surface area (Å²) < 4.78 is 11.6. The Morgan fingerprint density at radius 2 is 1.15 bits per heavy atom. The van der Waals surface area contributed by atoms with Gasteiger partial charge >= 0.3 is 11.9 Å². The van der Waals surface area contributed by atoms with Crippen LogP contribution in [0.4, 0.5) is 0 Å². The predicted molar refractivity (Wildman–Crippen MR) is 157 cm³/mol. The molecular formula is C35H37NO4. The van der Waals surface area contributed by atoms with E-state index in [1.165, 1.54) is 0 Å². The normalized spacial score (nSPS) is 12.1. The van der Waals surface area contributed by atoms with Gasteiger partial charge in [-0.2, -0.15) is 0 Å². The Labute approximate surface area is 237 Å². The third-order valence-electron chi connectivity index (χ3n) is 6.44. The lowest BCUT2D eigenvalue weighted by Crippen LogP contribution is -2.43. The van der Waals surface area contributed by atoms with Crippen molar-refractivity contribution in [2.45, 2.75) is 58.5 Å². The van der Waals surface area contributed by atoms with Crippen LogP contribution in [-0.4, -0.2) is 28.5 Å². The van der Waals surface area contributed by atoms with E-state index in [0.717, 1.165) is 22.3 Å². The van der Waals surface area contributed by atoms with Crippen molar-refractivity contribution in [2.75, 3.05) is 0 Å². The second-order valence-corrected chi connectivity index (χ2v) is 10.8. The van der Waals surface area contributed by atoms with E-state index in [2.05, 4.69) is 29.2 Å². The number of hydrogen-bond donors (Lipinski definition) is 0. The summed E-state index contributed by atoms with van der Waals surface area (Å²) in [4.78, 5) is 29.1. The number of benzene rings is 4. The summed E-state index contributed by atoms with van der Waals surface area (Å²) in [5.74, 6) is -0.744. The number of carbonyl (C=O) groups excluding carboxylic acids is 2. The molecule has 4 aromatic rings. The molecule has 5 heteroatoms. The van der Waals surface area contributed by atoms with Gasteiger partial charge in [-0.05, 0) is 55.5 Å². The molecule has 0 aliphatic carbocycles. The molecule has 0 heterocycles.